The summed E-state index contributed by atoms with van der Waals surface area (Å²) in [6, 6.07) is 20.9. The molecule has 0 radical (unpaired) electrons. The van der Waals surface area contributed by atoms with Gasteiger partial charge in [0.05, 0.1) is 27.3 Å². The fourth-order valence-electron chi connectivity index (χ4n) is 3.66. The van der Waals surface area contributed by atoms with Crippen molar-refractivity contribution >= 4 is 25.6 Å². The molecule has 1 aliphatic rings. The molecule has 0 fully saturated rings. The van der Waals surface area contributed by atoms with Gasteiger partial charge in [0.25, 0.3) is 5.91 Å². The van der Waals surface area contributed by atoms with E-state index in [9.17, 15) is 21.6 Å². The Balaban J connectivity index is 1.48. The summed E-state index contributed by atoms with van der Waals surface area (Å²) in [6.45, 7) is 0. The van der Waals surface area contributed by atoms with Crippen molar-refractivity contribution in [1.82, 2.24) is 5.32 Å². The largest absolute Gasteiger partial charge is 0.345 e. The van der Waals surface area contributed by atoms with E-state index >= 15 is 0 Å². The van der Waals surface area contributed by atoms with E-state index in [-0.39, 0.29) is 27.2 Å². The van der Waals surface area contributed by atoms with Crippen molar-refractivity contribution in [3.63, 3.8) is 0 Å². The molecule has 0 aromatic heterocycles. The van der Waals surface area contributed by atoms with Crippen LogP contribution in [0.1, 0.15) is 33.9 Å². The number of carbonyl (C=O) groups excluding carboxylic acids is 1. The summed E-state index contributed by atoms with van der Waals surface area (Å²) in [5.41, 5.74) is 1.55. The zero-order valence-electron chi connectivity index (χ0n) is 16.6. The molecule has 1 N–H and O–H groups in total. The zero-order valence-corrected chi connectivity index (χ0v) is 18.2. The first kappa shape index (κ1) is 21.3. The Morgan fingerprint density at radius 2 is 1.55 bits per heavy atom. The van der Waals surface area contributed by atoms with Gasteiger partial charge in [0, 0.05) is 5.56 Å². The van der Waals surface area contributed by atoms with Crippen LogP contribution in [0, 0.1) is 0 Å². The summed E-state index contributed by atoms with van der Waals surface area (Å²) in [7, 11) is -6.80. The molecular weight excluding hydrogens is 434 g/mol. The minimum atomic E-state index is -3.47. The van der Waals surface area contributed by atoms with Gasteiger partial charge in [-0.2, -0.15) is 0 Å². The van der Waals surface area contributed by atoms with Gasteiger partial charge in [-0.05, 0) is 47.9 Å². The first-order valence-corrected chi connectivity index (χ1v) is 13.1. The van der Waals surface area contributed by atoms with Crippen LogP contribution in [0.2, 0.25) is 0 Å². The third kappa shape index (κ3) is 4.55. The van der Waals surface area contributed by atoms with Crippen molar-refractivity contribution in [1.29, 1.82) is 0 Å². The molecule has 1 atom stereocenters. The Morgan fingerprint density at radius 1 is 0.903 bits per heavy atom. The molecule has 4 rings (SSSR count). The van der Waals surface area contributed by atoms with Crippen LogP contribution in [0.4, 0.5) is 0 Å². The molecule has 8 heteroatoms. The number of rotatable bonds is 5. The zero-order chi connectivity index (χ0) is 22.1. The number of hydrogen-bond donors (Lipinski definition) is 1. The average molecular weight is 456 g/mol. The van der Waals surface area contributed by atoms with Crippen molar-refractivity contribution in [2.75, 3.05) is 5.75 Å². The van der Waals surface area contributed by atoms with Gasteiger partial charge in [0.1, 0.15) is 0 Å². The summed E-state index contributed by atoms with van der Waals surface area (Å²) in [5.74, 6) is -0.519. The van der Waals surface area contributed by atoms with Crippen molar-refractivity contribution in [2.24, 2.45) is 0 Å². The Hall–Kier alpha value is -2.97. The predicted molar refractivity (Wildman–Crippen MR) is 117 cm³/mol. The van der Waals surface area contributed by atoms with Gasteiger partial charge in [-0.15, -0.1) is 0 Å². The lowest BCUT2D eigenvalue weighted by molar-refractivity contribution is 0.0934. The molecule has 1 unspecified atom stereocenters. The third-order valence-electron chi connectivity index (χ3n) is 5.29. The van der Waals surface area contributed by atoms with Crippen LogP contribution in [0.5, 0.6) is 0 Å². The second-order valence-corrected chi connectivity index (χ2v) is 11.5. The highest BCUT2D eigenvalue weighted by Gasteiger charge is 2.30. The Labute approximate surface area is 181 Å². The van der Waals surface area contributed by atoms with Crippen LogP contribution in [0.3, 0.4) is 0 Å². The van der Waals surface area contributed by atoms with Crippen LogP contribution < -0.4 is 5.32 Å². The smallest absolute Gasteiger partial charge is 0.251 e. The lowest BCUT2D eigenvalue weighted by Crippen LogP contribution is -2.33. The first-order valence-electron chi connectivity index (χ1n) is 9.75. The standard InChI is InChI=1S/C23H21NO5S2/c25-23(24-21-14-15-30(26,27)22-9-5-4-8-20(21)22)18-12-10-17(11-13-18)16-31(28,29)19-6-2-1-3-7-19/h1-13,21H,14-16H2,(H,24,25). The number of sulfone groups is 2. The fraction of sp³-hybridized carbons (Fsp3) is 0.174. The lowest BCUT2D eigenvalue weighted by Gasteiger charge is -2.26. The molecule has 160 valence electrons. The summed E-state index contributed by atoms with van der Waals surface area (Å²) in [6.07, 6.45) is 0.304. The maximum absolute atomic E-state index is 12.7. The molecule has 0 aliphatic carbocycles. The Bertz CT molecular complexity index is 1320. The molecule has 0 saturated carbocycles. The quantitative estimate of drug-likeness (QED) is 0.637. The van der Waals surface area contributed by atoms with E-state index in [1.807, 2.05) is 0 Å². The summed E-state index contributed by atoms with van der Waals surface area (Å²) < 4.78 is 49.6. The molecular formula is C23H21NO5S2. The third-order valence-corrected chi connectivity index (χ3v) is 8.80. The molecule has 1 heterocycles. The van der Waals surface area contributed by atoms with Gasteiger partial charge < -0.3 is 5.32 Å². The van der Waals surface area contributed by atoms with E-state index in [0.29, 0.717) is 23.1 Å². The van der Waals surface area contributed by atoms with E-state index in [1.54, 1.807) is 78.9 Å². The molecule has 3 aromatic rings. The van der Waals surface area contributed by atoms with Crippen molar-refractivity contribution < 1.29 is 21.6 Å². The highest BCUT2D eigenvalue weighted by Crippen LogP contribution is 2.32. The van der Waals surface area contributed by atoms with Crippen molar-refractivity contribution in [3.8, 4) is 0 Å². The average Bonchev–Trinajstić information content (AvgIpc) is 2.77. The Morgan fingerprint density at radius 3 is 2.26 bits per heavy atom. The highest BCUT2D eigenvalue weighted by molar-refractivity contribution is 7.91. The molecule has 1 aliphatic heterocycles. The van der Waals surface area contributed by atoms with Gasteiger partial charge >= 0.3 is 0 Å². The second kappa shape index (κ2) is 8.28. The molecule has 0 spiro atoms. The summed E-state index contributed by atoms with van der Waals surface area (Å²) >= 11 is 0. The first-order chi connectivity index (χ1) is 14.8. The topological polar surface area (TPSA) is 97.4 Å². The summed E-state index contributed by atoms with van der Waals surface area (Å²) in [5, 5.41) is 2.90. The van der Waals surface area contributed by atoms with E-state index in [1.165, 1.54) is 0 Å². The SMILES string of the molecule is O=C(NC1CCS(=O)(=O)c2ccccc21)c1ccc(CS(=O)(=O)c2ccccc2)cc1. The molecule has 3 aromatic carbocycles. The lowest BCUT2D eigenvalue weighted by atomic mass is 10.0. The second-order valence-electron chi connectivity index (χ2n) is 7.44. The monoisotopic (exact) mass is 455 g/mol. The van der Waals surface area contributed by atoms with Crippen molar-refractivity contribution in [3.05, 3.63) is 95.6 Å². The van der Waals surface area contributed by atoms with Crippen LogP contribution in [0.15, 0.2) is 88.7 Å². The predicted octanol–water partition coefficient (Wildman–Crippen LogP) is 3.31. The minimum absolute atomic E-state index is 0.0226. The molecule has 31 heavy (non-hydrogen) atoms. The van der Waals surface area contributed by atoms with Crippen molar-refractivity contribution in [2.45, 2.75) is 28.0 Å². The van der Waals surface area contributed by atoms with Crippen LogP contribution in [0.25, 0.3) is 0 Å². The van der Waals surface area contributed by atoms with E-state index in [4.69, 9.17) is 0 Å². The maximum atomic E-state index is 12.7. The number of carbonyl (C=O) groups is 1. The maximum Gasteiger partial charge on any atom is 0.251 e. The fourth-order valence-corrected chi connectivity index (χ4v) is 6.66. The Kier molecular flexibility index (Phi) is 5.68. The molecule has 0 saturated heterocycles. The minimum Gasteiger partial charge on any atom is -0.345 e. The van der Waals surface area contributed by atoms with Gasteiger partial charge in [-0.1, -0.05) is 48.5 Å². The van der Waals surface area contributed by atoms with E-state index < -0.39 is 25.7 Å². The highest BCUT2D eigenvalue weighted by atomic mass is 32.2. The summed E-state index contributed by atoms with van der Waals surface area (Å²) in [4.78, 5) is 13.2. The number of benzene rings is 3. The van der Waals surface area contributed by atoms with Crippen LogP contribution >= 0.6 is 0 Å². The van der Waals surface area contributed by atoms with Gasteiger partial charge in [-0.3, -0.25) is 4.79 Å². The van der Waals surface area contributed by atoms with Crippen LogP contribution in [-0.2, 0) is 25.4 Å². The number of amides is 1. The van der Waals surface area contributed by atoms with Crippen LogP contribution in [-0.4, -0.2) is 28.5 Å². The number of hydrogen-bond acceptors (Lipinski definition) is 5. The molecule has 0 bridgehead atoms. The number of nitrogens with one attached hydrogen (secondary N) is 1. The molecule has 1 amide bonds. The van der Waals surface area contributed by atoms with E-state index in [0.717, 1.165) is 0 Å². The van der Waals surface area contributed by atoms with Gasteiger partial charge in [0.2, 0.25) is 0 Å². The van der Waals surface area contributed by atoms with E-state index in [2.05, 4.69) is 5.32 Å². The normalized spacial score (nSPS) is 17.5. The molecule has 6 nitrogen and oxygen atoms in total. The van der Waals surface area contributed by atoms with Gasteiger partial charge in [0.15, 0.2) is 19.7 Å². The number of fused-ring (bicyclic) bond motifs is 1. The van der Waals surface area contributed by atoms with Gasteiger partial charge in [-0.25, -0.2) is 16.8 Å².